The Hall–Kier alpha value is -2.50. The Balaban J connectivity index is 1.84. The molecule has 5 rings (SSSR count). The minimum Gasteiger partial charge on any atom is -0.381 e. The highest BCUT2D eigenvalue weighted by molar-refractivity contribution is 6.30. The van der Waals surface area contributed by atoms with E-state index < -0.39 is 0 Å². The largest absolute Gasteiger partial charge is 0.381 e. The highest BCUT2D eigenvalue weighted by Crippen LogP contribution is 2.40. The van der Waals surface area contributed by atoms with Crippen LogP contribution in [-0.4, -0.2) is 27.7 Å². The number of hydrogen-bond acceptors (Lipinski definition) is 3. The molecule has 1 aromatic carbocycles. The van der Waals surface area contributed by atoms with Crippen LogP contribution in [0, 0.1) is 11.7 Å². The number of benzene rings is 1. The van der Waals surface area contributed by atoms with E-state index in [1.807, 2.05) is 30.3 Å². The Labute approximate surface area is 166 Å². The standard InChI is InChI=1S/C22H19ClFN3O/c23-19-8-7-16-20-18(6-3-11-25-20)27(22(16)26-19)21(14-9-12-28-13-10-14)15-4-1-2-5-17(15)24/h1-8,11,14,21H,9-10,12-13H2. The molecule has 1 aliphatic rings. The number of rotatable bonds is 3. The molecule has 4 aromatic rings. The smallest absolute Gasteiger partial charge is 0.144 e. The normalized spacial score (nSPS) is 16.6. The van der Waals surface area contributed by atoms with Crippen molar-refractivity contribution < 1.29 is 9.13 Å². The van der Waals surface area contributed by atoms with Gasteiger partial charge in [0.25, 0.3) is 0 Å². The van der Waals surface area contributed by atoms with Crippen LogP contribution in [0.4, 0.5) is 4.39 Å². The molecule has 3 aromatic heterocycles. The first-order valence-electron chi connectivity index (χ1n) is 9.47. The predicted octanol–water partition coefficient (Wildman–Crippen LogP) is 5.39. The van der Waals surface area contributed by atoms with Gasteiger partial charge in [-0.15, -0.1) is 0 Å². The van der Waals surface area contributed by atoms with Crippen LogP contribution in [0.2, 0.25) is 5.15 Å². The van der Waals surface area contributed by atoms with Crippen LogP contribution in [0.25, 0.3) is 22.1 Å². The number of halogens is 2. The maximum atomic E-state index is 15.0. The lowest BCUT2D eigenvalue weighted by atomic mass is 9.86. The molecular weight excluding hydrogens is 377 g/mol. The van der Waals surface area contributed by atoms with Crippen LogP contribution < -0.4 is 0 Å². The lowest BCUT2D eigenvalue weighted by Crippen LogP contribution is -2.27. The zero-order valence-electron chi connectivity index (χ0n) is 15.2. The summed E-state index contributed by atoms with van der Waals surface area (Å²) in [7, 11) is 0. The summed E-state index contributed by atoms with van der Waals surface area (Å²) >= 11 is 6.25. The minimum atomic E-state index is -0.208. The fourth-order valence-electron chi connectivity index (χ4n) is 4.34. The molecule has 4 heterocycles. The predicted molar refractivity (Wildman–Crippen MR) is 108 cm³/mol. The molecule has 0 aliphatic carbocycles. The van der Waals surface area contributed by atoms with Crippen LogP contribution >= 0.6 is 11.6 Å². The topological polar surface area (TPSA) is 39.9 Å². The number of nitrogens with zero attached hydrogens (tertiary/aromatic N) is 3. The molecule has 6 heteroatoms. The summed E-state index contributed by atoms with van der Waals surface area (Å²) in [6.45, 7) is 1.36. The van der Waals surface area contributed by atoms with Gasteiger partial charge in [0.05, 0.1) is 17.1 Å². The van der Waals surface area contributed by atoms with Gasteiger partial charge >= 0.3 is 0 Å². The molecule has 0 spiro atoms. The Morgan fingerprint density at radius 3 is 2.71 bits per heavy atom. The van der Waals surface area contributed by atoms with Crippen LogP contribution in [-0.2, 0) is 4.74 Å². The number of fused-ring (bicyclic) bond motifs is 3. The zero-order valence-corrected chi connectivity index (χ0v) is 15.9. The van der Waals surface area contributed by atoms with Crippen molar-refractivity contribution in [2.45, 2.75) is 18.9 Å². The molecule has 1 saturated heterocycles. The van der Waals surface area contributed by atoms with Gasteiger partial charge in [-0.2, -0.15) is 0 Å². The molecule has 0 bridgehead atoms. The zero-order chi connectivity index (χ0) is 19.1. The number of ether oxygens (including phenoxy) is 1. The maximum Gasteiger partial charge on any atom is 0.144 e. The van der Waals surface area contributed by atoms with Crippen molar-refractivity contribution in [2.24, 2.45) is 5.92 Å². The summed E-state index contributed by atoms with van der Waals surface area (Å²) in [6.07, 6.45) is 3.50. The van der Waals surface area contributed by atoms with Crippen molar-refractivity contribution in [1.82, 2.24) is 14.5 Å². The number of pyridine rings is 2. The second-order valence-corrected chi connectivity index (χ2v) is 7.55. The van der Waals surface area contributed by atoms with Crippen molar-refractivity contribution in [2.75, 3.05) is 13.2 Å². The van der Waals surface area contributed by atoms with Crippen molar-refractivity contribution >= 4 is 33.7 Å². The lowest BCUT2D eigenvalue weighted by Gasteiger charge is -2.32. The highest BCUT2D eigenvalue weighted by Gasteiger charge is 2.32. The van der Waals surface area contributed by atoms with Crippen LogP contribution in [0.1, 0.15) is 24.4 Å². The van der Waals surface area contributed by atoms with Gasteiger partial charge in [-0.1, -0.05) is 29.8 Å². The molecule has 1 atom stereocenters. The van der Waals surface area contributed by atoms with Gasteiger partial charge in [-0.25, -0.2) is 9.37 Å². The molecule has 28 heavy (non-hydrogen) atoms. The molecular formula is C22H19ClFN3O. The van der Waals surface area contributed by atoms with Gasteiger partial charge in [0, 0.05) is 30.4 Å². The van der Waals surface area contributed by atoms with Crippen LogP contribution in [0.15, 0.2) is 54.7 Å². The summed E-state index contributed by atoms with van der Waals surface area (Å²) in [5.74, 6) is 0.0188. The van der Waals surface area contributed by atoms with Gasteiger partial charge in [0.15, 0.2) is 0 Å². The average Bonchev–Trinajstić information content (AvgIpc) is 3.04. The van der Waals surface area contributed by atoms with E-state index in [1.165, 1.54) is 6.07 Å². The van der Waals surface area contributed by atoms with Crippen LogP contribution in [0.3, 0.4) is 0 Å². The summed E-state index contributed by atoms with van der Waals surface area (Å²) in [6, 6.07) is 14.4. The monoisotopic (exact) mass is 395 g/mol. The second-order valence-electron chi connectivity index (χ2n) is 7.16. The van der Waals surface area contributed by atoms with E-state index in [0.29, 0.717) is 23.9 Å². The molecule has 0 radical (unpaired) electrons. The van der Waals surface area contributed by atoms with Gasteiger partial charge < -0.3 is 9.30 Å². The summed E-state index contributed by atoms with van der Waals surface area (Å²) in [5, 5.41) is 1.34. The fraction of sp³-hybridized carbons (Fsp3) is 0.273. The molecule has 142 valence electrons. The summed E-state index contributed by atoms with van der Waals surface area (Å²) in [5.41, 5.74) is 3.20. The van der Waals surface area contributed by atoms with Crippen molar-refractivity contribution in [3.05, 3.63) is 71.3 Å². The molecule has 1 aliphatic heterocycles. The molecule has 0 saturated carbocycles. The van der Waals surface area contributed by atoms with E-state index in [9.17, 15) is 4.39 Å². The Morgan fingerprint density at radius 2 is 1.89 bits per heavy atom. The Morgan fingerprint density at radius 1 is 1.07 bits per heavy atom. The number of aromatic nitrogens is 3. The highest BCUT2D eigenvalue weighted by atomic mass is 35.5. The van der Waals surface area contributed by atoms with Gasteiger partial charge in [0.1, 0.15) is 16.6 Å². The van der Waals surface area contributed by atoms with E-state index in [4.69, 9.17) is 16.3 Å². The van der Waals surface area contributed by atoms with E-state index in [2.05, 4.69) is 14.5 Å². The van der Waals surface area contributed by atoms with E-state index in [-0.39, 0.29) is 17.8 Å². The van der Waals surface area contributed by atoms with Crippen molar-refractivity contribution in [1.29, 1.82) is 0 Å². The average molecular weight is 396 g/mol. The molecule has 4 nitrogen and oxygen atoms in total. The van der Waals surface area contributed by atoms with Crippen molar-refractivity contribution in [3.63, 3.8) is 0 Å². The van der Waals surface area contributed by atoms with Crippen molar-refractivity contribution in [3.8, 4) is 0 Å². The third kappa shape index (κ3) is 2.86. The van der Waals surface area contributed by atoms with E-state index >= 15 is 0 Å². The Bertz CT molecular complexity index is 1150. The quantitative estimate of drug-likeness (QED) is 0.436. The lowest BCUT2D eigenvalue weighted by molar-refractivity contribution is 0.0548. The third-order valence-corrected chi connectivity index (χ3v) is 5.80. The summed E-state index contributed by atoms with van der Waals surface area (Å²) in [4.78, 5) is 9.20. The molecule has 0 N–H and O–H groups in total. The SMILES string of the molecule is Fc1ccccc1C(C1CCOCC1)n1c2cccnc2c2ccc(Cl)nc21. The fourth-order valence-corrected chi connectivity index (χ4v) is 4.48. The van der Waals surface area contributed by atoms with Gasteiger partial charge in [-0.3, -0.25) is 4.98 Å². The van der Waals surface area contributed by atoms with E-state index in [0.717, 1.165) is 34.9 Å². The maximum absolute atomic E-state index is 15.0. The Kier molecular flexibility index (Phi) is 4.49. The van der Waals surface area contributed by atoms with Gasteiger partial charge in [0.2, 0.25) is 0 Å². The first-order chi connectivity index (χ1) is 13.7. The summed E-state index contributed by atoms with van der Waals surface area (Å²) < 4.78 is 22.7. The molecule has 1 unspecified atom stereocenters. The third-order valence-electron chi connectivity index (χ3n) is 5.58. The molecule has 0 amide bonds. The van der Waals surface area contributed by atoms with Gasteiger partial charge in [-0.05, 0) is 49.1 Å². The first-order valence-corrected chi connectivity index (χ1v) is 9.85. The first kappa shape index (κ1) is 17.6. The minimum absolute atomic E-state index is 0.208. The van der Waals surface area contributed by atoms with E-state index in [1.54, 1.807) is 18.3 Å². The molecule has 1 fully saturated rings. The number of hydrogen-bond donors (Lipinski definition) is 0. The second kappa shape index (κ2) is 7.15. The van der Waals surface area contributed by atoms with Crippen LogP contribution in [0.5, 0.6) is 0 Å².